The van der Waals surface area contributed by atoms with E-state index < -0.39 is 0 Å². The maximum atomic E-state index is 13.0. The van der Waals surface area contributed by atoms with E-state index in [1.807, 2.05) is 60.7 Å². The van der Waals surface area contributed by atoms with Gasteiger partial charge in [-0.3, -0.25) is 4.79 Å². The lowest BCUT2D eigenvalue weighted by molar-refractivity contribution is 0.103. The van der Waals surface area contributed by atoms with Crippen LogP contribution in [-0.2, 0) is 0 Å². The molecule has 2 aromatic heterocycles. The van der Waals surface area contributed by atoms with Crippen LogP contribution in [0.5, 0.6) is 0 Å². The minimum absolute atomic E-state index is 0.158. The van der Waals surface area contributed by atoms with Crippen molar-refractivity contribution in [2.75, 3.05) is 0 Å². The number of fused-ring (bicyclic) bond motifs is 1. The number of carbonyl (C=O) groups excluding carboxylic acids is 1. The average molecular weight is 311 g/mol. The summed E-state index contributed by atoms with van der Waals surface area (Å²) in [7, 11) is 0. The molecule has 4 rings (SSSR count). The average Bonchev–Trinajstić information content (AvgIpc) is 2.68. The first-order valence-electron chi connectivity index (χ1n) is 7.61. The van der Waals surface area contributed by atoms with Crippen LogP contribution < -0.4 is 0 Å². The van der Waals surface area contributed by atoms with Crippen LogP contribution >= 0.6 is 0 Å². The monoisotopic (exact) mass is 311 g/mol. The minimum atomic E-state index is -0.158. The number of rotatable bonds is 3. The number of hydrogen-bond donors (Lipinski definition) is 0. The second-order valence-corrected chi connectivity index (χ2v) is 5.33. The molecule has 2 aromatic carbocycles. The summed E-state index contributed by atoms with van der Waals surface area (Å²) >= 11 is 0. The quantitative estimate of drug-likeness (QED) is 0.538. The number of aromatic nitrogens is 3. The standard InChI is InChI=1S/C20H13N3O/c24-19(15-10-5-2-6-11-15)18-17(14-8-3-1-4-9-14)22-16-12-7-13-21-20(16)23-18/h1-13H. The second kappa shape index (κ2) is 6.01. The second-order valence-electron chi connectivity index (χ2n) is 5.33. The van der Waals surface area contributed by atoms with Gasteiger partial charge in [0.1, 0.15) is 16.9 Å². The summed E-state index contributed by atoms with van der Waals surface area (Å²) in [6.45, 7) is 0. The van der Waals surface area contributed by atoms with E-state index in [4.69, 9.17) is 0 Å². The van der Waals surface area contributed by atoms with Crippen molar-refractivity contribution in [2.24, 2.45) is 0 Å². The molecule has 0 aliphatic rings. The van der Waals surface area contributed by atoms with Crippen molar-refractivity contribution in [1.29, 1.82) is 0 Å². The van der Waals surface area contributed by atoms with E-state index in [2.05, 4.69) is 15.0 Å². The van der Waals surface area contributed by atoms with Crippen LogP contribution in [0.1, 0.15) is 16.1 Å². The Labute approximate surface area is 138 Å². The van der Waals surface area contributed by atoms with Gasteiger partial charge in [-0.25, -0.2) is 15.0 Å². The molecule has 0 unspecified atom stereocenters. The molecule has 0 bridgehead atoms. The molecule has 0 N–H and O–H groups in total. The number of pyridine rings is 1. The lowest BCUT2D eigenvalue weighted by Gasteiger charge is -2.09. The van der Waals surface area contributed by atoms with E-state index in [1.54, 1.807) is 18.3 Å². The molecule has 2 heterocycles. The summed E-state index contributed by atoms with van der Waals surface area (Å²) in [6.07, 6.45) is 1.65. The van der Waals surface area contributed by atoms with E-state index in [9.17, 15) is 4.79 Å². The molecule has 114 valence electrons. The Morgan fingerprint density at radius 2 is 1.46 bits per heavy atom. The maximum Gasteiger partial charge on any atom is 0.213 e. The molecule has 4 nitrogen and oxygen atoms in total. The van der Waals surface area contributed by atoms with Crippen LogP contribution in [0.4, 0.5) is 0 Å². The van der Waals surface area contributed by atoms with Gasteiger partial charge >= 0.3 is 0 Å². The molecule has 0 aliphatic carbocycles. The molecule has 0 radical (unpaired) electrons. The van der Waals surface area contributed by atoms with Crippen LogP contribution in [0.15, 0.2) is 79.0 Å². The molecule has 0 amide bonds. The molecule has 0 saturated carbocycles. The van der Waals surface area contributed by atoms with Gasteiger partial charge in [-0.15, -0.1) is 0 Å². The van der Waals surface area contributed by atoms with Crippen molar-refractivity contribution in [3.05, 3.63) is 90.3 Å². The first-order valence-corrected chi connectivity index (χ1v) is 7.61. The van der Waals surface area contributed by atoms with Crippen LogP contribution in [0.25, 0.3) is 22.4 Å². The number of ketones is 1. The fraction of sp³-hybridized carbons (Fsp3) is 0. The summed E-state index contributed by atoms with van der Waals surface area (Å²) < 4.78 is 0. The predicted molar refractivity (Wildman–Crippen MR) is 92.6 cm³/mol. The highest BCUT2D eigenvalue weighted by Crippen LogP contribution is 2.24. The highest BCUT2D eigenvalue weighted by atomic mass is 16.1. The van der Waals surface area contributed by atoms with Gasteiger partial charge in [-0.1, -0.05) is 60.7 Å². The summed E-state index contributed by atoms with van der Waals surface area (Å²) in [5.74, 6) is -0.158. The summed E-state index contributed by atoms with van der Waals surface area (Å²) in [5, 5.41) is 0. The third-order valence-corrected chi connectivity index (χ3v) is 3.74. The number of carbonyl (C=O) groups is 1. The summed E-state index contributed by atoms with van der Waals surface area (Å²) in [6, 6.07) is 22.4. The Balaban J connectivity index is 1.97. The zero-order valence-electron chi connectivity index (χ0n) is 12.8. The van der Waals surface area contributed by atoms with Crippen molar-refractivity contribution in [2.45, 2.75) is 0 Å². The van der Waals surface area contributed by atoms with Crippen molar-refractivity contribution in [3.8, 4) is 11.3 Å². The molecule has 4 heteroatoms. The van der Waals surface area contributed by atoms with E-state index in [0.717, 1.165) is 5.56 Å². The zero-order chi connectivity index (χ0) is 16.4. The Bertz CT molecular complexity index is 1010. The summed E-state index contributed by atoms with van der Waals surface area (Å²) in [5.41, 5.74) is 3.47. The fourth-order valence-corrected chi connectivity index (χ4v) is 2.58. The van der Waals surface area contributed by atoms with Crippen molar-refractivity contribution >= 4 is 16.9 Å². The first kappa shape index (κ1) is 14.2. The number of hydrogen-bond acceptors (Lipinski definition) is 4. The Morgan fingerprint density at radius 1 is 0.750 bits per heavy atom. The molecule has 0 fully saturated rings. The Hall–Kier alpha value is -3.40. The molecular formula is C20H13N3O. The van der Waals surface area contributed by atoms with Gasteiger partial charge in [-0.2, -0.15) is 0 Å². The highest BCUT2D eigenvalue weighted by molar-refractivity contribution is 6.11. The smallest absolute Gasteiger partial charge is 0.213 e. The third-order valence-electron chi connectivity index (χ3n) is 3.74. The Kier molecular flexibility index (Phi) is 3.56. The number of nitrogens with zero attached hydrogens (tertiary/aromatic N) is 3. The van der Waals surface area contributed by atoms with Crippen molar-refractivity contribution < 1.29 is 4.79 Å². The summed E-state index contributed by atoms with van der Waals surface area (Å²) in [4.78, 5) is 26.3. The SMILES string of the molecule is O=C(c1ccccc1)c1nc2ncccc2nc1-c1ccccc1. The van der Waals surface area contributed by atoms with E-state index >= 15 is 0 Å². The largest absolute Gasteiger partial charge is 0.287 e. The van der Waals surface area contributed by atoms with Gasteiger partial charge in [-0.05, 0) is 12.1 Å². The van der Waals surface area contributed by atoms with Crippen LogP contribution in [0.3, 0.4) is 0 Å². The maximum absolute atomic E-state index is 13.0. The normalized spacial score (nSPS) is 10.7. The van der Waals surface area contributed by atoms with Gasteiger partial charge < -0.3 is 0 Å². The Morgan fingerprint density at radius 3 is 2.21 bits per heavy atom. The van der Waals surface area contributed by atoms with Crippen molar-refractivity contribution in [3.63, 3.8) is 0 Å². The lowest BCUT2D eigenvalue weighted by atomic mass is 10.0. The van der Waals surface area contributed by atoms with Gasteiger partial charge in [0.25, 0.3) is 0 Å². The van der Waals surface area contributed by atoms with E-state index in [-0.39, 0.29) is 5.78 Å². The topological polar surface area (TPSA) is 55.7 Å². The molecule has 24 heavy (non-hydrogen) atoms. The number of benzene rings is 2. The fourth-order valence-electron chi connectivity index (χ4n) is 2.58. The predicted octanol–water partition coefficient (Wildman–Crippen LogP) is 3.92. The first-order chi connectivity index (χ1) is 11.8. The lowest BCUT2D eigenvalue weighted by Crippen LogP contribution is -2.09. The van der Waals surface area contributed by atoms with Crippen LogP contribution in [0.2, 0.25) is 0 Å². The van der Waals surface area contributed by atoms with E-state index in [1.165, 1.54) is 0 Å². The molecule has 0 saturated heterocycles. The van der Waals surface area contributed by atoms with Crippen LogP contribution in [-0.4, -0.2) is 20.7 Å². The molecular weight excluding hydrogens is 298 g/mol. The minimum Gasteiger partial charge on any atom is -0.287 e. The van der Waals surface area contributed by atoms with Gasteiger partial charge in [0.2, 0.25) is 5.78 Å². The molecule has 0 atom stereocenters. The molecule has 4 aromatic rings. The highest BCUT2D eigenvalue weighted by Gasteiger charge is 2.19. The van der Waals surface area contributed by atoms with E-state index in [0.29, 0.717) is 28.1 Å². The van der Waals surface area contributed by atoms with Gasteiger partial charge in [0.15, 0.2) is 5.65 Å². The third kappa shape index (κ3) is 2.54. The van der Waals surface area contributed by atoms with Crippen molar-refractivity contribution in [1.82, 2.24) is 15.0 Å². The van der Waals surface area contributed by atoms with Gasteiger partial charge in [0.05, 0.1) is 0 Å². The molecule has 0 spiro atoms. The van der Waals surface area contributed by atoms with Gasteiger partial charge in [0, 0.05) is 17.3 Å². The van der Waals surface area contributed by atoms with Crippen LogP contribution in [0, 0.1) is 0 Å². The molecule has 0 aliphatic heterocycles. The zero-order valence-corrected chi connectivity index (χ0v) is 12.8.